The number of carbonyl (C=O) groups is 1. The summed E-state index contributed by atoms with van der Waals surface area (Å²) in [5, 5.41) is 4.40. The van der Waals surface area contributed by atoms with Crippen molar-refractivity contribution in [3.63, 3.8) is 0 Å². The van der Waals surface area contributed by atoms with Crippen molar-refractivity contribution in [2.24, 2.45) is 0 Å². The summed E-state index contributed by atoms with van der Waals surface area (Å²) in [5.41, 5.74) is 2.78. The topological polar surface area (TPSA) is 62.0 Å². The van der Waals surface area contributed by atoms with Crippen LogP contribution in [0, 0.1) is 0 Å². The first-order valence-electron chi connectivity index (χ1n) is 7.00. The largest absolute Gasteiger partial charge is 0.350 e. The van der Waals surface area contributed by atoms with Crippen LogP contribution in [0.1, 0.15) is 16.1 Å². The van der Waals surface area contributed by atoms with Gasteiger partial charge in [0.1, 0.15) is 5.69 Å². The number of benzene rings is 2. The summed E-state index contributed by atoms with van der Waals surface area (Å²) in [4.78, 5) is 15.5. The molecule has 4 nitrogen and oxygen atoms in total. The molecule has 0 bridgehead atoms. The first-order valence-corrected chi connectivity index (χ1v) is 9.11. The fourth-order valence-electron chi connectivity index (χ4n) is 2.40. The van der Waals surface area contributed by atoms with Crippen molar-refractivity contribution in [2.45, 2.75) is 5.75 Å². The Bertz CT molecular complexity index is 904. The Balaban J connectivity index is 1.87. The number of para-hydroxylation sites is 1. The van der Waals surface area contributed by atoms with E-state index in [0.717, 1.165) is 16.5 Å². The zero-order valence-electron chi connectivity index (χ0n) is 12.4. The molecule has 2 aromatic carbocycles. The van der Waals surface area contributed by atoms with Crippen LogP contribution in [-0.4, -0.2) is 21.4 Å². The van der Waals surface area contributed by atoms with Gasteiger partial charge >= 0.3 is 0 Å². The van der Waals surface area contributed by atoms with Crippen LogP contribution in [0.15, 0.2) is 48.5 Å². The first kappa shape index (κ1) is 15.8. The van der Waals surface area contributed by atoms with Gasteiger partial charge in [-0.15, -0.1) is 0 Å². The van der Waals surface area contributed by atoms with Crippen LogP contribution in [0.25, 0.3) is 10.9 Å². The van der Waals surface area contributed by atoms with Gasteiger partial charge in [0.2, 0.25) is 0 Å². The third-order valence-electron chi connectivity index (χ3n) is 3.45. The summed E-state index contributed by atoms with van der Waals surface area (Å²) in [6.07, 6.45) is 1.64. The molecule has 2 N–H and O–H groups in total. The van der Waals surface area contributed by atoms with Gasteiger partial charge in [0, 0.05) is 38.7 Å². The predicted octanol–water partition coefficient (Wildman–Crippen LogP) is 3.95. The number of hydrogen-bond donors (Lipinski definition) is 2. The molecular weight excluding hydrogens is 332 g/mol. The number of nitrogens with one attached hydrogen (secondary N) is 2. The standard InChI is InChI=1S/C17H15ClN2O2S/c1-23(22)10-12-4-2-3-5-14(12)20-17(21)16-8-11-6-7-13(18)9-15(11)19-16/h2-9,19H,10H2,1H3,(H,20,21)/t23-/m1/s1. The molecule has 0 saturated heterocycles. The molecule has 1 amide bonds. The Morgan fingerprint density at radius 3 is 2.78 bits per heavy atom. The number of carbonyl (C=O) groups excluding carboxylic acids is 1. The Kier molecular flexibility index (Phi) is 4.50. The number of amides is 1. The Labute approximate surface area is 141 Å². The van der Waals surface area contributed by atoms with Gasteiger partial charge < -0.3 is 10.3 Å². The van der Waals surface area contributed by atoms with Gasteiger partial charge in [-0.05, 0) is 29.8 Å². The van der Waals surface area contributed by atoms with Crippen molar-refractivity contribution in [3.05, 3.63) is 64.8 Å². The zero-order chi connectivity index (χ0) is 16.4. The van der Waals surface area contributed by atoms with Crippen molar-refractivity contribution >= 4 is 44.9 Å². The van der Waals surface area contributed by atoms with Crippen LogP contribution in [-0.2, 0) is 16.6 Å². The van der Waals surface area contributed by atoms with Gasteiger partial charge in [-0.25, -0.2) is 0 Å². The normalized spacial score (nSPS) is 12.3. The maximum absolute atomic E-state index is 12.5. The predicted molar refractivity (Wildman–Crippen MR) is 95.5 cm³/mol. The van der Waals surface area contributed by atoms with Crippen LogP contribution in [0.2, 0.25) is 5.02 Å². The molecule has 1 atom stereocenters. The van der Waals surface area contributed by atoms with E-state index in [1.807, 2.05) is 24.3 Å². The number of aromatic nitrogens is 1. The van der Waals surface area contributed by atoms with E-state index in [4.69, 9.17) is 11.6 Å². The molecule has 0 aliphatic heterocycles. The average molecular weight is 347 g/mol. The van der Waals surface area contributed by atoms with Crippen LogP contribution in [0.3, 0.4) is 0 Å². The van der Waals surface area contributed by atoms with Gasteiger partial charge in [0.15, 0.2) is 0 Å². The van der Waals surface area contributed by atoms with Gasteiger partial charge in [-0.1, -0.05) is 35.9 Å². The minimum Gasteiger partial charge on any atom is -0.350 e. The number of H-pyrrole nitrogens is 1. The zero-order valence-corrected chi connectivity index (χ0v) is 14.0. The molecule has 1 heterocycles. The fraction of sp³-hybridized carbons (Fsp3) is 0.118. The van der Waals surface area contributed by atoms with Crippen LogP contribution in [0.4, 0.5) is 5.69 Å². The van der Waals surface area contributed by atoms with E-state index in [0.29, 0.717) is 22.2 Å². The van der Waals surface area contributed by atoms with E-state index in [9.17, 15) is 9.00 Å². The highest BCUT2D eigenvalue weighted by Crippen LogP contribution is 2.22. The summed E-state index contributed by atoms with van der Waals surface area (Å²) in [6, 6.07) is 14.6. The number of rotatable bonds is 4. The lowest BCUT2D eigenvalue weighted by atomic mass is 10.2. The SMILES string of the molecule is C[S@@](=O)Cc1ccccc1NC(=O)c1cc2ccc(Cl)cc2[nH]1. The number of aromatic amines is 1. The Morgan fingerprint density at radius 1 is 1.22 bits per heavy atom. The second-order valence-corrected chi connectivity index (χ2v) is 7.11. The van der Waals surface area contributed by atoms with Gasteiger partial charge in [0.25, 0.3) is 5.91 Å². The Morgan fingerprint density at radius 2 is 2.00 bits per heavy atom. The van der Waals surface area contributed by atoms with Gasteiger partial charge in [-0.2, -0.15) is 0 Å². The van der Waals surface area contributed by atoms with Crippen molar-refractivity contribution in [2.75, 3.05) is 11.6 Å². The van der Waals surface area contributed by atoms with E-state index in [2.05, 4.69) is 10.3 Å². The second-order valence-electron chi connectivity index (χ2n) is 5.24. The van der Waals surface area contributed by atoms with Crippen molar-refractivity contribution in [3.8, 4) is 0 Å². The molecule has 0 fully saturated rings. The third kappa shape index (κ3) is 3.63. The van der Waals surface area contributed by atoms with Gasteiger partial charge in [0.05, 0.1) is 5.75 Å². The minimum atomic E-state index is -0.975. The fourth-order valence-corrected chi connectivity index (χ4v) is 3.26. The molecule has 0 spiro atoms. The Hall–Kier alpha value is -2.11. The van der Waals surface area contributed by atoms with Crippen LogP contribution < -0.4 is 5.32 Å². The molecule has 0 radical (unpaired) electrons. The van der Waals surface area contributed by atoms with E-state index >= 15 is 0 Å². The number of hydrogen-bond acceptors (Lipinski definition) is 2. The van der Waals surface area contributed by atoms with Crippen LogP contribution >= 0.6 is 11.6 Å². The molecule has 0 unspecified atom stereocenters. The first-order chi connectivity index (χ1) is 11.0. The summed E-state index contributed by atoms with van der Waals surface area (Å²) in [6.45, 7) is 0. The molecule has 0 aliphatic rings. The maximum atomic E-state index is 12.5. The lowest BCUT2D eigenvalue weighted by Gasteiger charge is -2.09. The summed E-state index contributed by atoms with van der Waals surface area (Å²) in [7, 11) is -0.975. The van der Waals surface area contributed by atoms with E-state index in [1.54, 1.807) is 30.5 Å². The van der Waals surface area contributed by atoms with Gasteiger partial charge in [-0.3, -0.25) is 9.00 Å². The average Bonchev–Trinajstić information content (AvgIpc) is 2.92. The summed E-state index contributed by atoms with van der Waals surface area (Å²) in [5.74, 6) is 0.158. The quantitative estimate of drug-likeness (QED) is 0.751. The lowest BCUT2D eigenvalue weighted by Crippen LogP contribution is -2.14. The van der Waals surface area contributed by atoms with Crippen molar-refractivity contribution < 1.29 is 9.00 Å². The molecule has 118 valence electrons. The maximum Gasteiger partial charge on any atom is 0.272 e. The molecule has 0 saturated carbocycles. The molecule has 23 heavy (non-hydrogen) atoms. The molecule has 0 aliphatic carbocycles. The van der Waals surface area contributed by atoms with E-state index in [1.165, 1.54) is 0 Å². The van der Waals surface area contributed by atoms with Crippen LogP contribution in [0.5, 0.6) is 0 Å². The van der Waals surface area contributed by atoms with E-state index < -0.39 is 10.8 Å². The highest BCUT2D eigenvalue weighted by atomic mass is 35.5. The van der Waals surface area contributed by atoms with Crippen molar-refractivity contribution in [1.29, 1.82) is 0 Å². The summed E-state index contributed by atoms with van der Waals surface area (Å²) >= 11 is 5.96. The highest BCUT2D eigenvalue weighted by molar-refractivity contribution is 7.83. The van der Waals surface area contributed by atoms with Crippen molar-refractivity contribution in [1.82, 2.24) is 4.98 Å². The molecule has 6 heteroatoms. The monoisotopic (exact) mass is 346 g/mol. The third-order valence-corrected chi connectivity index (χ3v) is 4.41. The molecule has 3 rings (SSSR count). The number of anilines is 1. The molecule has 3 aromatic rings. The highest BCUT2D eigenvalue weighted by Gasteiger charge is 2.12. The molecule has 1 aromatic heterocycles. The second kappa shape index (κ2) is 6.56. The lowest BCUT2D eigenvalue weighted by molar-refractivity contribution is 0.102. The number of fused-ring (bicyclic) bond motifs is 1. The summed E-state index contributed by atoms with van der Waals surface area (Å²) < 4.78 is 11.5. The molecular formula is C17H15ClN2O2S. The van der Waals surface area contributed by atoms with E-state index in [-0.39, 0.29) is 5.91 Å². The smallest absolute Gasteiger partial charge is 0.272 e. The minimum absolute atomic E-state index is 0.244. The number of halogens is 1.